The number of amides is 2. The van der Waals surface area contributed by atoms with E-state index in [0.717, 1.165) is 25.7 Å². The van der Waals surface area contributed by atoms with Crippen molar-refractivity contribution in [2.24, 2.45) is 5.41 Å². The van der Waals surface area contributed by atoms with Crippen LogP contribution in [0.5, 0.6) is 0 Å². The standard InChI is InChI=1S/C14H24N2O2/c1-10(2)16-11(12(17)15(3)4)14(13(16)18)8-6-5-7-9-14/h10-11H,5-9H2,1-4H3. The van der Waals surface area contributed by atoms with Crippen molar-refractivity contribution < 1.29 is 9.59 Å². The van der Waals surface area contributed by atoms with Gasteiger partial charge in [-0.2, -0.15) is 0 Å². The molecule has 1 atom stereocenters. The topological polar surface area (TPSA) is 40.6 Å². The van der Waals surface area contributed by atoms with Crippen molar-refractivity contribution in [2.45, 2.75) is 58.0 Å². The molecule has 1 aliphatic heterocycles. The van der Waals surface area contributed by atoms with Crippen LogP contribution in [0.25, 0.3) is 0 Å². The molecule has 2 rings (SSSR count). The van der Waals surface area contributed by atoms with Gasteiger partial charge in [0.2, 0.25) is 11.8 Å². The van der Waals surface area contributed by atoms with E-state index in [4.69, 9.17) is 0 Å². The van der Waals surface area contributed by atoms with Crippen LogP contribution in [0.15, 0.2) is 0 Å². The first-order chi connectivity index (χ1) is 8.42. The Hall–Kier alpha value is -1.06. The third kappa shape index (κ3) is 1.73. The fraction of sp³-hybridized carbons (Fsp3) is 0.857. The summed E-state index contributed by atoms with van der Waals surface area (Å²) in [5.74, 6) is 0.294. The van der Waals surface area contributed by atoms with Crippen LogP contribution >= 0.6 is 0 Å². The molecule has 0 aromatic heterocycles. The molecule has 1 spiro atoms. The second-order valence-electron chi connectivity index (χ2n) is 6.16. The van der Waals surface area contributed by atoms with Crippen LogP contribution in [-0.4, -0.2) is 47.8 Å². The molecule has 1 aliphatic carbocycles. The highest BCUT2D eigenvalue weighted by Gasteiger charge is 2.63. The number of hydrogen-bond acceptors (Lipinski definition) is 2. The molecule has 1 unspecified atom stereocenters. The second kappa shape index (κ2) is 4.56. The van der Waals surface area contributed by atoms with E-state index in [9.17, 15) is 9.59 Å². The molecular weight excluding hydrogens is 228 g/mol. The largest absolute Gasteiger partial charge is 0.347 e. The van der Waals surface area contributed by atoms with Gasteiger partial charge >= 0.3 is 0 Å². The molecule has 1 saturated heterocycles. The lowest BCUT2D eigenvalue weighted by molar-refractivity contribution is -0.188. The molecule has 102 valence electrons. The predicted molar refractivity (Wildman–Crippen MR) is 70.0 cm³/mol. The number of β-lactam (4-membered cyclic amide) rings is 1. The van der Waals surface area contributed by atoms with Crippen LogP contribution in [0.2, 0.25) is 0 Å². The molecule has 4 heteroatoms. The second-order valence-corrected chi connectivity index (χ2v) is 6.16. The highest BCUT2D eigenvalue weighted by molar-refractivity contribution is 6.02. The van der Waals surface area contributed by atoms with Crippen molar-refractivity contribution in [1.29, 1.82) is 0 Å². The van der Waals surface area contributed by atoms with E-state index in [1.165, 1.54) is 6.42 Å². The number of hydrogen-bond donors (Lipinski definition) is 0. The minimum atomic E-state index is -0.371. The molecule has 0 bridgehead atoms. The van der Waals surface area contributed by atoms with Crippen molar-refractivity contribution in [1.82, 2.24) is 9.80 Å². The van der Waals surface area contributed by atoms with Gasteiger partial charge in [0.15, 0.2) is 0 Å². The van der Waals surface area contributed by atoms with Crippen molar-refractivity contribution in [3.8, 4) is 0 Å². The molecule has 0 N–H and O–H groups in total. The van der Waals surface area contributed by atoms with E-state index in [-0.39, 0.29) is 29.3 Å². The normalized spacial score (nSPS) is 26.4. The number of likely N-dealkylation sites (N-methyl/N-ethyl adjacent to an activating group) is 1. The fourth-order valence-electron chi connectivity index (χ4n) is 3.49. The zero-order valence-corrected chi connectivity index (χ0v) is 11.9. The molecule has 2 aliphatic rings. The Kier molecular flexibility index (Phi) is 3.39. The quantitative estimate of drug-likeness (QED) is 0.701. The molecule has 0 aromatic carbocycles. The summed E-state index contributed by atoms with van der Waals surface area (Å²) in [6.45, 7) is 3.98. The Labute approximate surface area is 109 Å². The van der Waals surface area contributed by atoms with Gasteiger partial charge in [-0.1, -0.05) is 19.3 Å². The Morgan fingerprint density at radius 2 is 1.83 bits per heavy atom. The molecule has 0 aromatic rings. The van der Waals surface area contributed by atoms with E-state index >= 15 is 0 Å². The molecular formula is C14H24N2O2. The Morgan fingerprint density at radius 1 is 1.28 bits per heavy atom. The SMILES string of the molecule is CC(C)N1C(=O)C2(CCCCC2)C1C(=O)N(C)C. The molecule has 1 heterocycles. The van der Waals surface area contributed by atoms with E-state index in [1.807, 2.05) is 13.8 Å². The van der Waals surface area contributed by atoms with E-state index < -0.39 is 0 Å². The lowest BCUT2D eigenvalue weighted by atomic mass is 9.61. The summed E-state index contributed by atoms with van der Waals surface area (Å²) in [6, 6.07) is -0.112. The van der Waals surface area contributed by atoms with Gasteiger partial charge in [-0.05, 0) is 26.7 Å². The third-order valence-electron chi connectivity index (χ3n) is 4.44. The molecule has 4 nitrogen and oxygen atoms in total. The average Bonchev–Trinajstić information content (AvgIpc) is 2.34. The van der Waals surface area contributed by atoms with Gasteiger partial charge in [0.25, 0.3) is 0 Å². The lowest BCUT2D eigenvalue weighted by Crippen LogP contribution is -2.75. The summed E-state index contributed by atoms with van der Waals surface area (Å²) in [4.78, 5) is 28.3. The maximum atomic E-state index is 12.5. The maximum Gasteiger partial charge on any atom is 0.245 e. The van der Waals surface area contributed by atoms with Crippen molar-refractivity contribution in [3.05, 3.63) is 0 Å². The molecule has 18 heavy (non-hydrogen) atoms. The number of carbonyl (C=O) groups excluding carboxylic acids is 2. The molecule has 2 amide bonds. The molecule has 2 fully saturated rings. The van der Waals surface area contributed by atoms with Gasteiger partial charge in [0, 0.05) is 20.1 Å². The van der Waals surface area contributed by atoms with Gasteiger partial charge in [-0.25, -0.2) is 0 Å². The predicted octanol–water partition coefficient (Wildman–Crippen LogP) is 1.64. The van der Waals surface area contributed by atoms with E-state index in [2.05, 4.69) is 0 Å². The van der Waals surface area contributed by atoms with Crippen LogP contribution in [0.3, 0.4) is 0 Å². The number of carbonyl (C=O) groups is 2. The smallest absolute Gasteiger partial charge is 0.245 e. The van der Waals surface area contributed by atoms with E-state index in [1.54, 1.807) is 23.9 Å². The minimum absolute atomic E-state index is 0.0881. The van der Waals surface area contributed by atoms with Crippen LogP contribution in [0, 0.1) is 5.41 Å². The summed E-state index contributed by atoms with van der Waals surface area (Å²) in [5.41, 5.74) is -0.371. The zero-order valence-electron chi connectivity index (χ0n) is 11.9. The maximum absolute atomic E-state index is 12.5. The number of likely N-dealkylation sites (tertiary alicyclic amines) is 1. The zero-order chi connectivity index (χ0) is 13.5. The third-order valence-corrected chi connectivity index (χ3v) is 4.44. The Morgan fingerprint density at radius 3 is 2.28 bits per heavy atom. The van der Waals surface area contributed by atoms with Crippen LogP contribution in [0.1, 0.15) is 46.0 Å². The summed E-state index contributed by atoms with van der Waals surface area (Å²) in [7, 11) is 3.56. The fourth-order valence-corrected chi connectivity index (χ4v) is 3.49. The lowest BCUT2D eigenvalue weighted by Gasteiger charge is -2.58. The van der Waals surface area contributed by atoms with Crippen LogP contribution in [0.4, 0.5) is 0 Å². The van der Waals surface area contributed by atoms with Gasteiger partial charge in [0.05, 0.1) is 5.41 Å². The highest BCUT2D eigenvalue weighted by atomic mass is 16.2. The molecule has 0 radical (unpaired) electrons. The van der Waals surface area contributed by atoms with Crippen LogP contribution in [-0.2, 0) is 9.59 Å². The van der Waals surface area contributed by atoms with Crippen molar-refractivity contribution in [2.75, 3.05) is 14.1 Å². The minimum Gasteiger partial charge on any atom is -0.347 e. The monoisotopic (exact) mass is 252 g/mol. The number of nitrogens with zero attached hydrogens (tertiary/aromatic N) is 2. The first-order valence-electron chi connectivity index (χ1n) is 6.96. The highest BCUT2D eigenvalue weighted by Crippen LogP contribution is 2.51. The van der Waals surface area contributed by atoms with Gasteiger partial charge in [-0.3, -0.25) is 9.59 Å². The van der Waals surface area contributed by atoms with Gasteiger partial charge in [0.1, 0.15) is 6.04 Å². The summed E-state index contributed by atoms with van der Waals surface area (Å²) < 4.78 is 0. The average molecular weight is 252 g/mol. The Bertz CT molecular complexity index is 357. The first kappa shape index (κ1) is 13.4. The van der Waals surface area contributed by atoms with E-state index in [0.29, 0.717) is 0 Å². The molecule has 1 saturated carbocycles. The van der Waals surface area contributed by atoms with Crippen molar-refractivity contribution in [3.63, 3.8) is 0 Å². The Balaban J connectivity index is 2.29. The first-order valence-corrected chi connectivity index (χ1v) is 6.96. The van der Waals surface area contributed by atoms with Crippen molar-refractivity contribution >= 4 is 11.8 Å². The van der Waals surface area contributed by atoms with Gasteiger partial charge in [-0.15, -0.1) is 0 Å². The summed E-state index contributed by atoms with van der Waals surface area (Å²) in [6.07, 6.45) is 5.13. The summed E-state index contributed by atoms with van der Waals surface area (Å²) >= 11 is 0. The van der Waals surface area contributed by atoms with Gasteiger partial charge < -0.3 is 9.80 Å². The van der Waals surface area contributed by atoms with Crippen LogP contribution < -0.4 is 0 Å². The summed E-state index contributed by atoms with van der Waals surface area (Å²) in [5, 5.41) is 0. The number of rotatable bonds is 2.